The van der Waals surface area contributed by atoms with Crippen LogP contribution in [0.1, 0.15) is 33.4 Å². The molecule has 0 radical (unpaired) electrons. The quantitative estimate of drug-likeness (QED) is 0.155. The van der Waals surface area contributed by atoms with Gasteiger partial charge in [-0.3, -0.25) is 0 Å². The Kier molecular flexibility index (Phi) is 12.1. The summed E-state index contributed by atoms with van der Waals surface area (Å²) in [5, 5.41) is 0. The molecule has 1 aliphatic carbocycles. The van der Waals surface area contributed by atoms with Gasteiger partial charge in [0.1, 0.15) is 34.5 Å². The predicted molar refractivity (Wildman–Crippen MR) is 232 cm³/mol. The monoisotopic (exact) mass is 746 g/mol. The van der Waals surface area contributed by atoms with E-state index in [1.54, 1.807) is 14.2 Å². The number of para-hydroxylation sites is 4. The van der Waals surface area contributed by atoms with Crippen LogP contribution in [-0.2, 0) is 5.41 Å². The number of methoxy groups -OCH3 is 2. The van der Waals surface area contributed by atoms with Crippen molar-refractivity contribution >= 4 is 0 Å². The molecule has 0 N–H and O–H groups in total. The molecule has 0 atom stereocenters. The van der Waals surface area contributed by atoms with Gasteiger partial charge >= 0.3 is 0 Å². The molecule has 0 aliphatic heterocycles. The summed E-state index contributed by atoms with van der Waals surface area (Å²) in [6, 6.07) is 70.1. The minimum Gasteiger partial charge on any atom is -0.497 e. The van der Waals surface area contributed by atoms with Gasteiger partial charge in [-0.2, -0.15) is 0 Å². The van der Waals surface area contributed by atoms with Crippen molar-refractivity contribution in [3.8, 4) is 45.6 Å². The summed E-state index contributed by atoms with van der Waals surface area (Å²) in [6.45, 7) is 4.35. The SMILES string of the molecule is COc1ccccc1.COc1ccccc1.Cc1ccc2c(c1)C(c1ccc(Oc3ccccc3)cc1)(c1ccc(Oc3ccccc3)cc1)c1cc(C)ccc1-2. The van der Waals surface area contributed by atoms with Crippen molar-refractivity contribution in [1.29, 1.82) is 0 Å². The highest BCUT2D eigenvalue weighted by Gasteiger charge is 2.46. The van der Waals surface area contributed by atoms with Gasteiger partial charge in [0.15, 0.2) is 0 Å². The molecule has 0 spiro atoms. The smallest absolute Gasteiger partial charge is 0.127 e. The lowest BCUT2D eigenvalue weighted by Gasteiger charge is -2.34. The number of aryl methyl sites for hydroxylation is 2. The summed E-state index contributed by atoms with van der Waals surface area (Å²) in [5.74, 6) is 5.10. The number of ether oxygens (including phenoxy) is 4. The maximum atomic E-state index is 6.17. The first kappa shape index (κ1) is 38.2. The fourth-order valence-corrected chi connectivity index (χ4v) is 7.25. The zero-order valence-electron chi connectivity index (χ0n) is 32.8. The Morgan fingerprint density at radius 2 is 0.614 bits per heavy atom. The summed E-state index contributed by atoms with van der Waals surface area (Å²) in [4.78, 5) is 0. The Labute approximate surface area is 336 Å². The van der Waals surface area contributed by atoms with Crippen LogP contribution in [0.5, 0.6) is 34.5 Å². The molecule has 0 saturated carbocycles. The molecule has 57 heavy (non-hydrogen) atoms. The number of fused-ring (bicyclic) bond motifs is 3. The van der Waals surface area contributed by atoms with Crippen molar-refractivity contribution in [2.45, 2.75) is 19.3 Å². The molecule has 0 fully saturated rings. The Morgan fingerprint density at radius 1 is 0.316 bits per heavy atom. The largest absolute Gasteiger partial charge is 0.497 e. The van der Waals surface area contributed by atoms with E-state index in [2.05, 4.69) is 98.8 Å². The lowest BCUT2D eigenvalue weighted by atomic mass is 9.67. The second-order valence-electron chi connectivity index (χ2n) is 13.8. The van der Waals surface area contributed by atoms with Crippen molar-refractivity contribution in [3.05, 3.63) is 240 Å². The summed E-state index contributed by atoms with van der Waals surface area (Å²) in [6.07, 6.45) is 0. The Balaban J connectivity index is 0.000000257. The van der Waals surface area contributed by atoms with Crippen molar-refractivity contribution in [1.82, 2.24) is 0 Å². The molecule has 282 valence electrons. The van der Waals surface area contributed by atoms with Gasteiger partial charge in [-0.15, -0.1) is 0 Å². The topological polar surface area (TPSA) is 36.9 Å². The molecule has 1 aliphatic rings. The van der Waals surface area contributed by atoms with Crippen molar-refractivity contribution in [2.24, 2.45) is 0 Å². The second kappa shape index (κ2) is 18.1. The van der Waals surface area contributed by atoms with E-state index >= 15 is 0 Å². The van der Waals surface area contributed by atoms with E-state index < -0.39 is 5.41 Å². The average molecular weight is 747 g/mol. The van der Waals surface area contributed by atoms with E-state index in [1.807, 2.05) is 121 Å². The normalized spacial score (nSPS) is 11.6. The highest BCUT2D eigenvalue weighted by atomic mass is 16.5. The zero-order valence-corrected chi connectivity index (χ0v) is 32.8. The van der Waals surface area contributed by atoms with E-state index in [4.69, 9.17) is 18.9 Å². The standard InChI is InChI=1S/C39H30O2.2C7H8O/c1-27-13-23-35-36-24-14-28(2)26-38(36)39(37(35)25-27,29-15-19-33(20-16-29)40-31-9-5-3-6-10-31)30-17-21-34(22-18-30)41-32-11-7-4-8-12-32;2*1-8-7-5-3-2-4-6-7/h3-26H,1-2H3;2*2-6H,1H3. The predicted octanol–water partition coefficient (Wildman–Crippen LogP) is 13.6. The van der Waals surface area contributed by atoms with E-state index in [0.717, 1.165) is 34.5 Å². The molecule has 4 heteroatoms. The molecule has 0 bridgehead atoms. The third kappa shape index (κ3) is 8.77. The van der Waals surface area contributed by atoms with Crippen LogP contribution in [0.15, 0.2) is 206 Å². The van der Waals surface area contributed by atoms with E-state index in [-0.39, 0.29) is 0 Å². The van der Waals surface area contributed by atoms with Crippen LogP contribution in [-0.4, -0.2) is 14.2 Å². The highest BCUT2D eigenvalue weighted by molar-refractivity contribution is 5.86. The van der Waals surface area contributed by atoms with Gasteiger partial charge in [0.2, 0.25) is 0 Å². The minimum absolute atomic E-state index is 0.487. The Bertz CT molecular complexity index is 2290. The van der Waals surface area contributed by atoms with Crippen molar-refractivity contribution < 1.29 is 18.9 Å². The first-order chi connectivity index (χ1) is 28.0. The molecule has 9 rings (SSSR count). The number of benzene rings is 8. The second-order valence-corrected chi connectivity index (χ2v) is 13.8. The van der Waals surface area contributed by atoms with Gasteiger partial charge < -0.3 is 18.9 Å². The molecule has 0 aromatic heterocycles. The third-order valence-electron chi connectivity index (χ3n) is 9.94. The average Bonchev–Trinajstić information content (AvgIpc) is 3.55. The summed E-state index contributed by atoms with van der Waals surface area (Å²) in [5.41, 5.74) is 9.55. The molecular formula is C53H46O4. The molecule has 4 nitrogen and oxygen atoms in total. The van der Waals surface area contributed by atoms with Crippen molar-refractivity contribution in [3.63, 3.8) is 0 Å². The van der Waals surface area contributed by atoms with Gasteiger partial charge in [-0.25, -0.2) is 0 Å². The van der Waals surface area contributed by atoms with E-state index in [1.165, 1.54) is 44.5 Å². The van der Waals surface area contributed by atoms with Crippen LogP contribution in [0.25, 0.3) is 11.1 Å². The van der Waals surface area contributed by atoms with Gasteiger partial charge in [0, 0.05) is 0 Å². The number of hydrogen-bond acceptors (Lipinski definition) is 4. The lowest BCUT2D eigenvalue weighted by Crippen LogP contribution is -2.28. The number of hydrogen-bond donors (Lipinski definition) is 0. The van der Waals surface area contributed by atoms with Gasteiger partial charge in [-0.05, 0) is 120 Å². The van der Waals surface area contributed by atoms with E-state index in [0.29, 0.717) is 0 Å². The summed E-state index contributed by atoms with van der Waals surface area (Å²) < 4.78 is 22.2. The molecule has 8 aromatic carbocycles. The molecule has 0 saturated heterocycles. The molecule has 0 heterocycles. The van der Waals surface area contributed by atoms with E-state index in [9.17, 15) is 0 Å². The molecular weight excluding hydrogens is 701 g/mol. The van der Waals surface area contributed by atoms with Gasteiger partial charge in [0.05, 0.1) is 19.6 Å². The zero-order chi connectivity index (χ0) is 39.5. The first-order valence-corrected chi connectivity index (χ1v) is 19.1. The molecule has 0 amide bonds. The Hall–Kier alpha value is -7.04. The van der Waals surface area contributed by atoms with Crippen molar-refractivity contribution in [2.75, 3.05) is 14.2 Å². The molecule has 0 unspecified atom stereocenters. The van der Waals surface area contributed by atoms with Crippen LogP contribution in [0.3, 0.4) is 0 Å². The maximum Gasteiger partial charge on any atom is 0.127 e. The lowest BCUT2D eigenvalue weighted by molar-refractivity contribution is 0.414. The van der Waals surface area contributed by atoms with Crippen LogP contribution < -0.4 is 18.9 Å². The first-order valence-electron chi connectivity index (χ1n) is 19.1. The van der Waals surface area contributed by atoms with Crippen LogP contribution in [0.2, 0.25) is 0 Å². The third-order valence-corrected chi connectivity index (χ3v) is 9.94. The minimum atomic E-state index is -0.487. The van der Waals surface area contributed by atoms with Crippen LogP contribution in [0.4, 0.5) is 0 Å². The fraction of sp³-hybridized carbons (Fsp3) is 0.0943. The summed E-state index contributed by atoms with van der Waals surface area (Å²) >= 11 is 0. The maximum absolute atomic E-state index is 6.17. The van der Waals surface area contributed by atoms with Gasteiger partial charge in [-0.1, -0.05) is 145 Å². The summed E-state index contributed by atoms with van der Waals surface area (Å²) in [7, 11) is 3.32. The number of rotatable bonds is 8. The van der Waals surface area contributed by atoms with Gasteiger partial charge in [0.25, 0.3) is 0 Å². The Morgan fingerprint density at radius 3 is 0.912 bits per heavy atom. The highest BCUT2D eigenvalue weighted by Crippen LogP contribution is 2.56. The molecule has 8 aromatic rings. The van der Waals surface area contributed by atoms with Crippen LogP contribution in [0, 0.1) is 13.8 Å². The van der Waals surface area contributed by atoms with Crippen LogP contribution >= 0.6 is 0 Å². The fourth-order valence-electron chi connectivity index (χ4n) is 7.25.